The average Bonchev–Trinajstić information content (AvgIpc) is 3.04. The smallest absolute Gasteiger partial charge is 0.0784 e. The van der Waals surface area contributed by atoms with Crippen LogP contribution < -0.4 is 0 Å². The number of aryl methyl sites for hydroxylation is 1. The minimum Gasteiger partial charge on any atom is -0.256 e. The molecule has 0 bridgehead atoms. The molecule has 2 heteroatoms. The fourth-order valence-electron chi connectivity index (χ4n) is 5.58. The fraction of sp³-hybridized carbons (Fsp3) is 0.0256. The Bertz CT molecular complexity index is 2120. The number of aliphatic imine (C=N–C) groups is 1. The van der Waals surface area contributed by atoms with Crippen LogP contribution in [0, 0.1) is 6.92 Å². The van der Waals surface area contributed by atoms with Crippen molar-refractivity contribution in [3.63, 3.8) is 0 Å². The van der Waals surface area contributed by atoms with Gasteiger partial charge >= 0.3 is 0 Å². The number of rotatable bonds is 5. The van der Waals surface area contributed by atoms with Crippen molar-refractivity contribution in [2.45, 2.75) is 6.92 Å². The highest BCUT2D eigenvalue weighted by atomic mass is 14.8. The maximum Gasteiger partial charge on any atom is 0.0784 e. The van der Waals surface area contributed by atoms with Crippen molar-refractivity contribution < 1.29 is 0 Å². The van der Waals surface area contributed by atoms with E-state index in [4.69, 9.17) is 4.99 Å². The molecule has 0 amide bonds. The SMILES string of the molecule is C=C(N=C(c1ccc2ccccc2c1)c1ccc2ccccc2c1C)c1ccc(-c2cnc3ccccc3c2)cc1. The van der Waals surface area contributed by atoms with E-state index in [9.17, 15) is 0 Å². The van der Waals surface area contributed by atoms with Gasteiger partial charge in [-0.1, -0.05) is 122 Å². The monoisotopic (exact) mass is 524 g/mol. The first-order chi connectivity index (χ1) is 20.1. The van der Waals surface area contributed by atoms with Gasteiger partial charge in [0.2, 0.25) is 0 Å². The van der Waals surface area contributed by atoms with Crippen molar-refractivity contribution in [1.29, 1.82) is 0 Å². The van der Waals surface area contributed by atoms with Crippen molar-refractivity contribution in [2.75, 3.05) is 0 Å². The zero-order chi connectivity index (χ0) is 27.8. The highest BCUT2D eigenvalue weighted by Crippen LogP contribution is 2.29. The molecular weight excluding hydrogens is 496 g/mol. The van der Waals surface area contributed by atoms with Gasteiger partial charge in [-0.05, 0) is 63.4 Å². The molecule has 1 heterocycles. The molecule has 0 unspecified atom stereocenters. The quantitative estimate of drug-likeness (QED) is 0.206. The van der Waals surface area contributed by atoms with Gasteiger partial charge in [-0.2, -0.15) is 0 Å². The summed E-state index contributed by atoms with van der Waals surface area (Å²) in [5.41, 5.74) is 9.23. The molecule has 0 fully saturated rings. The Morgan fingerprint density at radius 3 is 2.07 bits per heavy atom. The number of nitrogens with zero attached hydrogens (tertiary/aromatic N) is 2. The molecule has 0 aliphatic rings. The van der Waals surface area contributed by atoms with E-state index < -0.39 is 0 Å². The van der Waals surface area contributed by atoms with E-state index in [1.54, 1.807) is 0 Å². The molecule has 194 valence electrons. The van der Waals surface area contributed by atoms with Crippen molar-refractivity contribution >= 4 is 43.9 Å². The summed E-state index contributed by atoms with van der Waals surface area (Å²) in [6.07, 6.45) is 1.94. The van der Waals surface area contributed by atoms with Gasteiger partial charge < -0.3 is 0 Å². The molecule has 0 spiro atoms. The van der Waals surface area contributed by atoms with Gasteiger partial charge in [0.25, 0.3) is 0 Å². The predicted molar refractivity (Wildman–Crippen MR) is 174 cm³/mol. The number of fused-ring (bicyclic) bond motifs is 3. The van der Waals surface area contributed by atoms with Gasteiger partial charge in [-0.15, -0.1) is 0 Å². The number of hydrogen-bond acceptors (Lipinski definition) is 2. The van der Waals surface area contributed by atoms with Crippen LogP contribution >= 0.6 is 0 Å². The lowest BCUT2D eigenvalue weighted by molar-refractivity contribution is 1.40. The molecule has 7 rings (SSSR count). The summed E-state index contributed by atoms with van der Waals surface area (Å²) in [6, 6.07) is 46.7. The number of benzene rings is 6. The van der Waals surface area contributed by atoms with Gasteiger partial charge in [0.1, 0.15) is 0 Å². The first kappa shape index (κ1) is 24.7. The van der Waals surface area contributed by atoms with Crippen LogP contribution in [-0.2, 0) is 0 Å². The van der Waals surface area contributed by atoms with Gasteiger partial charge in [0.05, 0.1) is 16.9 Å². The molecule has 0 saturated carbocycles. The number of aromatic nitrogens is 1. The Labute approximate surface area is 240 Å². The van der Waals surface area contributed by atoms with Crippen LogP contribution in [0.4, 0.5) is 0 Å². The topological polar surface area (TPSA) is 25.2 Å². The summed E-state index contributed by atoms with van der Waals surface area (Å²) < 4.78 is 0. The lowest BCUT2D eigenvalue weighted by atomic mass is 9.92. The van der Waals surface area contributed by atoms with Crippen molar-refractivity contribution in [3.8, 4) is 11.1 Å². The average molecular weight is 525 g/mol. The molecule has 0 atom stereocenters. The largest absolute Gasteiger partial charge is 0.256 e. The second-order valence-electron chi connectivity index (χ2n) is 10.4. The minimum atomic E-state index is 0.726. The Balaban J connectivity index is 1.31. The Kier molecular flexibility index (Phi) is 6.22. The molecule has 0 N–H and O–H groups in total. The standard InChI is InChI=1S/C39H28N2/c1-26-36-13-7-5-10-31(36)21-22-37(26)39(34-20-19-29-9-3-4-11-32(29)23-34)41-27(2)28-15-17-30(18-16-28)35-24-33-12-6-8-14-38(33)40-25-35/h3-25H,2H2,1H3. The summed E-state index contributed by atoms with van der Waals surface area (Å²) in [4.78, 5) is 9.85. The second-order valence-corrected chi connectivity index (χ2v) is 10.4. The van der Waals surface area contributed by atoms with Crippen LogP contribution in [0.3, 0.4) is 0 Å². The molecule has 0 aliphatic carbocycles. The molecule has 0 aliphatic heterocycles. The molecule has 41 heavy (non-hydrogen) atoms. The number of para-hydroxylation sites is 1. The highest BCUT2D eigenvalue weighted by molar-refractivity contribution is 6.18. The first-order valence-corrected chi connectivity index (χ1v) is 13.9. The van der Waals surface area contributed by atoms with E-state index in [-0.39, 0.29) is 0 Å². The number of pyridine rings is 1. The maximum atomic E-state index is 5.21. The maximum absolute atomic E-state index is 5.21. The van der Waals surface area contributed by atoms with Crippen LogP contribution in [0.25, 0.3) is 49.3 Å². The fourth-order valence-corrected chi connectivity index (χ4v) is 5.58. The molecule has 7 aromatic rings. The zero-order valence-electron chi connectivity index (χ0n) is 22.9. The Morgan fingerprint density at radius 1 is 0.585 bits per heavy atom. The summed E-state index contributed by atoms with van der Waals surface area (Å²) >= 11 is 0. The summed E-state index contributed by atoms with van der Waals surface area (Å²) in [5.74, 6) is 0. The van der Waals surface area contributed by atoms with Crippen LogP contribution in [0.15, 0.2) is 151 Å². The van der Waals surface area contributed by atoms with E-state index in [0.29, 0.717) is 0 Å². The molecule has 0 saturated heterocycles. The van der Waals surface area contributed by atoms with E-state index in [1.165, 1.54) is 27.1 Å². The third-order valence-corrected chi connectivity index (χ3v) is 7.87. The third kappa shape index (κ3) is 4.70. The predicted octanol–water partition coefficient (Wildman–Crippen LogP) is 10.0. The van der Waals surface area contributed by atoms with E-state index in [2.05, 4.69) is 134 Å². The van der Waals surface area contributed by atoms with Crippen LogP contribution in [-0.4, -0.2) is 10.7 Å². The van der Waals surface area contributed by atoms with Crippen molar-refractivity contribution in [1.82, 2.24) is 4.98 Å². The van der Waals surface area contributed by atoms with Crippen LogP contribution in [0.2, 0.25) is 0 Å². The first-order valence-electron chi connectivity index (χ1n) is 13.9. The van der Waals surface area contributed by atoms with E-state index in [1.807, 2.05) is 24.4 Å². The van der Waals surface area contributed by atoms with E-state index in [0.717, 1.165) is 50.1 Å². The summed E-state index contributed by atoms with van der Waals surface area (Å²) in [5, 5.41) is 5.99. The van der Waals surface area contributed by atoms with Gasteiger partial charge in [0.15, 0.2) is 0 Å². The van der Waals surface area contributed by atoms with Gasteiger partial charge in [-0.25, -0.2) is 4.99 Å². The second kappa shape index (κ2) is 10.3. The summed E-state index contributed by atoms with van der Waals surface area (Å²) in [6.45, 7) is 6.60. The highest BCUT2D eigenvalue weighted by Gasteiger charge is 2.14. The minimum absolute atomic E-state index is 0.726. The van der Waals surface area contributed by atoms with Crippen LogP contribution in [0.5, 0.6) is 0 Å². The molecule has 0 radical (unpaired) electrons. The van der Waals surface area contributed by atoms with Gasteiger partial charge in [0, 0.05) is 28.3 Å². The lowest BCUT2D eigenvalue weighted by Gasteiger charge is -2.15. The Morgan fingerprint density at radius 2 is 1.24 bits per heavy atom. The van der Waals surface area contributed by atoms with Gasteiger partial charge in [-0.3, -0.25) is 4.98 Å². The van der Waals surface area contributed by atoms with E-state index >= 15 is 0 Å². The van der Waals surface area contributed by atoms with Crippen molar-refractivity contribution in [2.24, 2.45) is 4.99 Å². The summed E-state index contributed by atoms with van der Waals surface area (Å²) in [7, 11) is 0. The molecule has 6 aromatic carbocycles. The third-order valence-electron chi connectivity index (χ3n) is 7.87. The molecule has 2 nitrogen and oxygen atoms in total. The lowest BCUT2D eigenvalue weighted by Crippen LogP contribution is -2.07. The zero-order valence-corrected chi connectivity index (χ0v) is 22.9. The number of hydrogen-bond donors (Lipinski definition) is 0. The Hall–Kier alpha value is -5.34. The van der Waals surface area contributed by atoms with Crippen molar-refractivity contribution in [3.05, 3.63) is 168 Å². The molecular formula is C39H28N2. The molecule has 1 aromatic heterocycles. The van der Waals surface area contributed by atoms with Crippen LogP contribution in [0.1, 0.15) is 22.3 Å². The normalized spacial score (nSPS) is 11.8.